The summed E-state index contributed by atoms with van der Waals surface area (Å²) in [5.41, 5.74) is 6.74. The first kappa shape index (κ1) is 21.5. The molecule has 1 aromatic heterocycles. The Morgan fingerprint density at radius 3 is 2.60 bits per heavy atom. The summed E-state index contributed by atoms with van der Waals surface area (Å²) in [5, 5.41) is 3.97. The highest BCUT2D eigenvalue weighted by Crippen LogP contribution is 2.25. The number of nitrogens with one attached hydrogen (secondary N) is 1. The molecule has 0 atom stereocenters. The van der Waals surface area contributed by atoms with Gasteiger partial charge in [-0.15, -0.1) is 0 Å². The van der Waals surface area contributed by atoms with Crippen LogP contribution in [-0.2, 0) is 13.0 Å². The number of hydrogen-bond acceptors (Lipinski definition) is 5. The van der Waals surface area contributed by atoms with Gasteiger partial charge in [-0.2, -0.15) is 5.10 Å². The molecule has 2 aromatic carbocycles. The number of hydrazone groups is 1. The molecule has 0 saturated heterocycles. The van der Waals surface area contributed by atoms with E-state index in [1.165, 1.54) is 0 Å². The van der Waals surface area contributed by atoms with E-state index in [1.807, 2.05) is 53.1 Å². The normalized spacial score (nSPS) is 11.5. The number of hydrogen-bond donors (Lipinski definition) is 3. The monoisotopic (exact) mass is 424 g/mol. The van der Waals surface area contributed by atoms with Crippen molar-refractivity contribution in [3.63, 3.8) is 0 Å². The number of hydrazine groups is 1. The van der Waals surface area contributed by atoms with Gasteiger partial charge in [0.15, 0.2) is 17.3 Å². The average molecular weight is 425 g/mol. The first-order valence-electron chi connectivity index (χ1n) is 9.76. The van der Waals surface area contributed by atoms with Crippen LogP contribution in [-0.4, -0.2) is 21.7 Å². The second-order valence-electron chi connectivity index (χ2n) is 6.88. The number of benzene rings is 2. The van der Waals surface area contributed by atoms with Crippen molar-refractivity contribution in [1.82, 2.24) is 15.0 Å². The van der Waals surface area contributed by atoms with Gasteiger partial charge < -0.3 is 15.8 Å². The van der Waals surface area contributed by atoms with Gasteiger partial charge in [0.2, 0.25) is 0 Å². The number of carbonyl (C=O) groups excluding carboxylic acids is 1. The molecule has 3 aromatic rings. The minimum atomic E-state index is 0.254. The minimum absolute atomic E-state index is 0.254. The molecular formula is C22H25ClN6O. The number of amidine groups is 1. The van der Waals surface area contributed by atoms with E-state index in [1.54, 1.807) is 0 Å². The molecule has 0 spiro atoms. The van der Waals surface area contributed by atoms with Gasteiger partial charge in [-0.25, -0.2) is 10.8 Å². The highest BCUT2D eigenvalue weighted by atomic mass is 35.5. The van der Waals surface area contributed by atoms with E-state index in [0.29, 0.717) is 18.1 Å². The minimum Gasteiger partial charge on any atom is -0.321 e. The third kappa shape index (κ3) is 4.53. The number of aryl methyl sites for hydroxylation is 1. The Hall–Kier alpha value is -3.16. The van der Waals surface area contributed by atoms with Crippen LogP contribution in [0.1, 0.15) is 47.2 Å². The lowest BCUT2D eigenvalue weighted by atomic mass is 9.98. The van der Waals surface area contributed by atoms with Crippen LogP contribution >= 0.6 is 11.6 Å². The van der Waals surface area contributed by atoms with Crippen LogP contribution in [0.4, 0.5) is 0 Å². The summed E-state index contributed by atoms with van der Waals surface area (Å²) >= 11 is 6.17. The maximum absolute atomic E-state index is 11.5. The van der Waals surface area contributed by atoms with Crippen LogP contribution in [0.3, 0.4) is 0 Å². The van der Waals surface area contributed by atoms with Crippen LogP contribution in [0.15, 0.2) is 53.6 Å². The molecule has 0 saturated carbocycles. The topological polar surface area (TPSA) is 111 Å². The highest BCUT2D eigenvalue weighted by molar-refractivity contribution is 6.31. The fourth-order valence-electron chi connectivity index (χ4n) is 3.39. The molecule has 1 heterocycles. The quantitative estimate of drug-likeness (QED) is 0.168. The van der Waals surface area contributed by atoms with Crippen LogP contribution in [0.25, 0.3) is 11.1 Å². The summed E-state index contributed by atoms with van der Waals surface area (Å²) in [7, 11) is 0. The second kappa shape index (κ2) is 10.0. The highest BCUT2D eigenvalue weighted by Gasteiger charge is 2.16. The van der Waals surface area contributed by atoms with Crippen LogP contribution in [0.2, 0.25) is 5.15 Å². The van der Waals surface area contributed by atoms with E-state index in [9.17, 15) is 4.79 Å². The maximum Gasteiger partial charge on any atom is 0.169 e. The number of nitrogens with two attached hydrogens (primary N) is 2. The van der Waals surface area contributed by atoms with Crippen molar-refractivity contribution < 1.29 is 4.79 Å². The Balaban J connectivity index is 1.91. The summed E-state index contributed by atoms with van der Waals surface area (Å²) in [5.74, 6) is 12.2. The van der Waals surface area contributed by atoms with E-state index in [2.05, 4.69) is 22.4 Å². The maximum atomic E-state index is 11.5. The zero-order chi connectivity index (χ0) is 21.5. The van der Waals surface area contributed by atoms with E-state index < -0.39 is 0 Å². The second-order valence-corrected chi connectivity index (χ2v) is 7.23. The Kier molecular flexibility index (Phi) is 7.21. The molecule has 0 aliphatic rings. The summed E-state index contributed by atoms with van der Waals surface area (Å²) in [6.07, 6.45) is 3.58. The summed E-state index contributed by atoms with van der Waals surface area (Å²) in [6.45, 7) is 2.64. The van der Waals surface area contributed by atoms with E-state index >= 15 is 0 Å². The van der Waals surface area contributed by atoms with E-state index in [-0.39, 0.29) is 5.15 Å². The third-order valence-electron chi connectivity index (χ3n) is 4.96. The zero-order valence-corrected chi connectivity index (χ0v) is 17.6. The molecule has 0 aliphatic heterocycles. The molecule has 8 heteroatoms. The standard InChI is InChI=1S/C22H25ClN6O/c1-2-3-8-20-26-21(23)19(14-30)29(20)13-15-9-11-16(12-10-15)17-6-4-5-7-18(17)22(27-24)28-25/h4-7,9-12,14H,2-3,8,13,24-25H2,1H3,(H,27,28). The Morgan fingerprint density at radius 1 is 1.23 bits per heavy atom. The van der Waals surface area contributed by atoms with Gasteiger partial charge in [-0.1, -0.05) is 73.5 Å². The lowest BCUT2D eigenvalue weighted by molar-refractivity contribution is 0.111. The van der Waals surface area contributed by atoms with Gasteiger partial charge >= 0.3 is 0 Å². The van der Waals surface area contributed by atoms with Gasteiger partial charge in [0.1, 0.15) is 11.5 Å². The van der Waals surface area contributed by atoms with Crippen molar-refractivity contribution in [1.29, 1.82) is 0 Å². The number of unbranched alkanes of at least 4 members (excludes halogenated alkanes) is 1. The summed E-state index contributed by atoms with van der Waals surface area (Å²) in [4.78, 5) is 15.9. The van der Waals surface area contributed by atoms with Gasteiger partial charge in [-0.05, 0) is 23.1 Å². The number of nitrogens with zero attached hydrogens (tertiary/aromatic N) is 3. The fraction of sp³-hybridized carbons (Fsp3) is 0.227. The van der Waals surface area contributed by atoms with Gasteiger partial charge in [-0.3, -0.25) is 4.79 Å². The molecular weight excluding hydrogens is 400 g/mol. The fourth-order valence-corrected chi connectivity index (χ4v) is 3.64. The average Bonchev–Trinajstić information content (AvgIpc) is 3.08. The van der Waals surface area contributed by atoms with Crippen molar-refractivity contribution >= 4 is 23.7 Å². The number of aldehydes is 1. The number of carbonyl (C=O) groups is 1. The molecule has 156 valence electrons. The molecule has 0 aliphatic carbocycles. The predicted octanol–water partition coefficient (Wildman–Crippen LogP) is 3.49. The summed E-state index contributed by atoms with van der Waals surface area (Å²) in [6, 6.07) is 15.8. The number of halogens is 1. The molecule has 5 N–H and O–H groups in total. The number of aromatic nitrogens is 2. The first-order chi connectivity index (χ1) is 14.6. The molecule has 0 bridgehead atoms. The predicted molar refractivity (Wildman–Crippen MR) is 120 cm³/mol. The molecule has 30 heavy (non-hydrogen) atoms. The van der Waals surface area contributed by atoms with Crippen molar-refractivity contribution in [3.05, 3.63) is 76.3 Å². The Labute approximate surface area is 180 Å². The summed E-state index contributed by atoms with van der Waals surface area (Å²) < 4.78 is 1.89. The molecule has 0 amide bonds. The zero-order valence-electron chi connectivity index (χ0n) is 16.8. The van der Waals surface area contributed by atoms with Gasteiger partial charge in [0.05, 0.1) is 0 Å². The van der Waals surface area contributed by atoms with Crippen LogP contribution < -0.4 is 17.1 Å². The lowest BCUT2D eigenvalue weighted by Crippen LogP contribution is -2.32. The number of imidazole rings is 1. The largest absolute Gasteiger partial charge is 0.321 e. The SMILES string of the molecule is CCCCc1nc(Cl)c(C=O)n1Cc1ccc(-c2ccccc2/C(=N/N)NN)cc1. The van der Waals surface area contributed by atoms with Crippen LogP contribution in [0, 0.1) is 0 Å². The Bertz CT molecular complexity index is 1040. The van der Waals surface area contributed by atoms with Crippen molar-refractivity contribution in [2.45, 2.75) is 32.7 Å². The first-order valence-corrected chi connectivity index (χ1v) is 10.1. The molecule has 0 radical (unpaired) electrons. The van der Waals surface area contributed by atoms with Crippen LogP contribution in [0.5, 0.6) is 0 Å². The molecule has 0 fully saturated rings. The van der Waals surface area contributed by atoms with Gasteiger partial charge in [0, 0.05) is 18.5 Å². The van der Waals surface area contributed by atoms with Crippen molar-refractivity contribution in [2.24, 2.45) is 16.8 Å². The van der Waals surface area contributed by atoms with E-state index in [0.717, 1.165) is 53.6 Å². The van der Waals surface area contributed by atoms with Gasteiger partial charge in [0.25, 0.3) is 0 Å². The number of rotatable bonds is 8. The third-order valence-corrected chi connectivity index (χ3v) is 5.24. The molecule has 7 nitrogen and oxygen atoms in total. The molecule has 0 unspecified atom stereocenters. The van der Waals surface area contributed by atoms with Crippen molar-refractivity contribution in [2.75, 3.05) is 0 Å². The van der Waals surface area contributed by atoms with E-state index in [4.69, 9.17) is 23.3 Å². The smallest absolute Gasteiger partial charge is 0.169 e. The lowest BCUT2D eigenvalue weighted by Gasteiger charge is -2.13. The van der Waals surface area contributed by atoms with Crippen molar-refractivity contribution in [3.8, 4) is 11.1 Å². The molecule has 3 rings (SSSR count). The Morgan fingerprint density at radius 2 is 1.97 bits per heavy atom.